The highest BCUT2D eigenvalue weighted by Crippen LogP contribution is 2.57. The van der Waals surface area contributed by atoms with E-state index in [-0.39, 0.29) is 29.4 Å². The van der Waals surface area contributed by atoms with Crippen molar-refractivity contribution in [3.8, 4) is 0 Å². The summed E-state index contributed by atoms with van der Waals surface area (Å²) in [5, 5.41) is 2.91. The average molecular weight is 243 g/mol. The zero-order valence-corrected chi connectivity index (χ0v) is 10.0. The van der Waals surface area contributed by atoms with Gasteiger partial charge < -0.3 is 5.32 Å². The SMILES string of the molecule is O=C(NC1CCS(=O)(=O)C1)C1C2CCCC21. The van der Waals surface area contributed by atoms with Crippen LogP contribution in [0, 0.1) is 17.8 Å². The second kappa shape index (κ2) is 3.45. The van der Waals surface area contributed by atoms with Crippen molar-refractivity contribution in [2.45, 2.75) is 31.7 Å². The molecule has 3 unspecified atom stereocenters. The zero-order chi connectivity index (χ0) is 11.3. The highest BCUT2D eigenvalue weighted by Gasteiger charge is 2.56. The van der Waals surface area contributed by atoms with Gasteiger partial charge in [-0.05, 0) is 31.1 Å². The number of carbonyl (C=O) groups excluding carboxylic acids is 1. The fourth-order valence-electron chi connectivity index (χ4n) is 3.42. The number of hydrogen-bond donors (Lipinski definition) is 1. The smallest absolute Gasteiger partial charge is 0.223 e. The molecule has 3 atom stereocenters. The average Bonchev–Trinajstić information content (AvgIpc) is 2.57. The standard InChI is InChI=1S/C11H17NO3S/c13-11(10-8-2-1-3-9(8)10)12-7-4-5-16(14,15)6-7/h7-10H,1-6H2,(H,12,13). The van der Waals surface area contributed by atoms with E-state index in [1.807, 2.05) is 0 Å². The third-order valence-electron chi connectivity index (χ3n) is 4.29. The molecule has 0 aromatic rings. The molecule has 0 radical (unpaired) electrons. The first-order valence-corrected chi connectivity index (χ1v) is 7.90. The molecule has 4 nitrogen and oxygen atoms in total. The van der Waals surface area contributed by atoms with Crippen molar-refractivity contribution in [3.63, 3.8) is 0 Å². The van der Waals surface area contributed by atoms with Crippen LogP contribution < -0.4 is 5.32 Å². The molecule has 0 spiro atoms. The molecule has 1 heterocycles. The van der Waals surface area contributed by atoms with E-state index in [0.717, 1.165) is 0 Å². The summed E-state index contributed by atoms with van der Waals surface area (Å²) in [5.41, 5.74) is 0. The molecule has 0 bridgehead atoms. The lowest BCUT2D eigenvalue weighted by Gasteiger charge is -2.11. The minimum atomic E-state index is -2.88. The summed E-state index contributed by atoms with van der Waals surface area (Å²) in [6, 6.07) is -0.126. The largest absolute Gasteiger partial charge is 0.352 e. The Labute approximate surface area is 95.7 Å². The molecule has 1 aliphatic heterocycles. The van der Waals surface area contributed by atoms with Crippen molar-refractivity contribution in [1.29, 1.82) is 0 Å². The highest BCUT2D eigenvalue weighted by atomic mass is 32.2. The molecular weight excluding hydrogens is 226 g/mol. The van der Waals surface area contributed by atoms with Crippen LogP contribution in [0.3, 0.4) is 0 Å². The van der Waals surface area contributed by atoms with Gasteiger partial charge in [0.1, 0.15) is 0 Å². The van der Waals surface area contributed by atoms with Crippen LogP contribution in [0.1, 0.15) is 25.7 Å². The van der Waals surface area contributed by atoms with Crippen molar-refractivity contribution in [3.05, 3.63) is 0 Å². The Balaban J connectivity index is 1.55. The molecule has 0 aromatic carbocycles. The quantitative estimate of drug-likeness (QED) is 0.760. The Morgan fingerprint density at radius 2 is 1.81 bits per heavy atom. The maximum Gasteiger partial charge on any atom is 0.223 e. The summed E-state index contributed by atoms with van der Waals surface area (Å²) in [5.74, 6) is 1.90. The molecule has 3 fully saturated rings. The van der Waals surface area contributed by atoms with E-state index < -0.39 is 9.84 Å². The Kier molecular flexibility index (Phi) is 2.28. The monoisotopic (exact) mass is 243 g/mol. The second-order valence-corrected chi connectivity index (χ2v) is 7.62. The van der Waals surface area contributed by atoms with Crippen molar-refractivity contribution in [1.82, 2.24) is 5.32 Å². The number of sulfone groups is 1. The minimum absolute atomic E-state index is 0.108. The molecule has 1 amide bonds. The lowest BCUT2D eigenvalue weighted by atomic mass is 10.1. The molecule has 2 aliphatic carbocycles. The minimum Gasteiger partial charge on any atom is -0.352 e. The van der Waals surface area contributed by atoms with E-state index in [2.05, 4.69) is 5.32 Å². The van der Waals surface area contributed by atoms with Crippen LogP contribution >= 0.6 is 0 Å². The predicted octanol–water partition coefficient (Wildman–Crippen LogP) is 0.336. The lowest BCUT2D eigenvalue weighted by molar-refractivity contribution is -0.123. The molecule has 3 aliphatic rings. The number of rotatable bonds is 2. The summed E-state index contributed by atoms with van der Waals surface area (Å²) in [7, 11) is -2.88. The number of carbonyl (C=O) groups is 1. The van der Waals surface area contributed by atoms with Gasteiger partial charge in [-0.15, -0.1) is 0 Å². The van der Waals surface area contributed by atoms with Gasteiger partial charge in [-0.3, -0.25) is 4.79 Å². The number of nitrogens with one attached hydrogen (secondary N) is 1. The van der Waals surface area contributed by atoms with E-state index in [0.29, 0.717) is 18.3 Å². The number of fused-ring (bicyclic) bond motifs is 1. The molecule has 3 rings (SSSR count). The van der Waals surface area contributed by atoms with Gasteiger partial charge >= 0.3 is 0 Å². The predicted molar refractivity (Wildman–Crippen MR) is 59.5 cm³/mol. The summed E-state index contributed by atoms with van der Waals surface area (Å²) in [6.07, 6.45) is 4.23. The van der Waals surface area contributed by atoms with Gasteiger partial charge in [-0.1, -0.05) is 6.42 Å². The van der Waals surface area contributed by atoms with E-state index >= 15 is 0 Å². The highest BCUT2D eigenvalue weighted by molar-refractivity contribution is 7.91. The molecule has 16 heavy (non-hydrogen) atoms. The van der Waals surface area contributed by atoms with Crippen molar-refractivity contribution >= 4 is 15.7 Å². The van der Waals surface area contributed by atoms with Crippen LogP contribution in [-0.2, 0) is 14.6 Å². The molecule has 5 heteroatoms. The van der Waals surface area contributed by atoms with Crippen LogP contribution in [0.25, 0.3) is 0 Å². The maximum absolute atomic E-state index is 11.9. The Hall–Kier alpha value is -0.580. The fraction of sp³-hybridized carbons (Fsp3) is 0.909. The van der Waals surface area contributed by atoms with Gasteiger partial charge in [0.25, 0.3) is 0 Å². The van der Waals surface area contributed by atoms with E-state index in [9.17, 15) is 13.2 Å². The Morgan fingerprint density at radius 1 is 1.12 bits per heavy atom. The van der Waals surface area contributed by atoms with Crippen molar-refractivity contribution < 1.29 is 13.2 Å². The number of hydrogen-bond acceptors (Lipinski definition) is 3. The molecule has 1 N–H and O–H groups in total. The van der Waals surface area contributed by atoms with Gasteiger partial charge in [-0.25, -0.2) is 8.42 Å². The Morgan fingerprint density at radius 3 is 2.38 bits per heavy atom. The van der Waals surface area contributed by atoms with Crippen LogP contribution in [0.15, 0.2) is 0 Å². The van der Waals surface area contributed by atoms with Crippen LogP contribution in [0.2, 0.25) is 0 Å². The molecule has 2 saturated carbocycles. The first kappa shape index (κ1) is 10.6. The topological polar surface area (TPSA) is 63.2 Å². The summed E-state index contributed by atoms with van der Waals surface area (Å²) >= 11 is 0. The van der Waals surface area contributed by atoms with Gasteiger partial charge in [0.15, 0.2) is 9.84 Å². The zero-order valence-electron chi connectivity index (χ0n) is 9.19. The van der Waals surface area contributed by atoms with Gasteiger partial charge in [0.05, 0.1) is 11.5 Å². The third kappa shape index (κ3) is 1.75. The summed E-state index contributed by atoms with van der Waals surface area (Å²) in [6.45, 7) is 0. The van der Waals surface area contributed by atoms with Gasteiger partial charge in [-0.2, -0.15) is 0 Å². The summed E-state index contributed by atoms with van der Waals surface area (Å²) in [4.78, 5) is 11.9. The Bertz CT molecular complexity index is 407. The third-order valence-corrected chi connectivity index (χ3v) is 6.06. The van der Waals surface area contributed by atoms with Crippen LogP contribution in [-0.4, -0.2) is 31.9 Å². The van der Waals surface area contributed by atoms with E-state index in [1.165, 1.54) is 19.3 Å². The van der Waals surface area contributed by atoms with Gasteiger partial charge in [0, 0.05) is 12.0 Å². The molecule has 0 aromatic heterocycles. The van der Waals surface area contributed by atoms with Crippen molar-refractivity contribution in [2.75, 3.05) is 11.5 Å². The van der Waals surface area contributed by atoms with Gasteiger partial charge in [0.2, 0.25) is 5.91 Å². The molecule has 90 valence electrons. The molecular formula is C11H17NO3S. The fourth-order valence-corrected chi connectivity index (χ4v) is 5.09. The maximum atomic E-state index is 11.9. The lowest BCUT2D eigenvalue weighted by Crippen LogP contribution is -2.37. The second-order valence-electron chi connectivity index (χ2n) is 5.39. The van der Waals surface area contributed by atoms with Crippen LogP contribution in [0.4, 0.5) is 0 Å². The summed E-state index contributed by atoms with van der Waals surface area (Å²) < 4.78 is 22.5. The van der Waals surface area contributed by atoms with Crippen LogP contribution in [0.5, 0.6) is 0 Å². The first-order chi connectivity index (χ1) is 7.57. The van der Waals surface area contributed by atoms with Crippen molar-refractivity contribution in [2.24, 2.45) is 17.8 Å². The number of amides is 1. The molecule has 1 saturated heterocycles. The van der Waals surface area contributed by atoms with E-state index in [1.54, 1.807) is 0 Å². The first-order valence-electron chi connectivity index (χ1n) is 6.08. The van der Waals surface area contributed by atoms with E-state index in [4.69, 9.17) is 0 Å². The normalized spacial score (nSPS) is 44.0.